The molecule has 0 aliphatic heterocycles. The second-order valence-electron chi connectivity index (χ2n) is 5.05. The third kappa shape index (κ3) is 4.37. The van der Waals surface area contributed by atoms with Crippen LogP contribution in [0.3, 0.4) is 0 Å². The predicted molar refractivity (Wildman–Crippen MR) is 93.1 cm³/mol. The summed E-state index contributed by atoms with van der Waals surface area (Å²) in [5.74, 6) is 0.696. The summed E-state index contributed by atoms with van der Waals surface area (Å²) in [6, 6.07) is 13.3. The van der Waals surface area contributed by atoms with Gasteiger partial charge in [-0.1, -0.05) is 12.1 Å². The van der Waals surface area contributed by atoms with Crippen molar-refractivity contribution < 1.29 is 4.79 Å². The number of carbonyl (C=O) groups excluding carboxylic acids is 1. The van der Waals surface area contributed by atoms with Crippen LogP contribution >= 0.6 is 11.3 Å². The molecule has 0 radical (unpaired) electrons. The van der Waals surface area contributed by atoms with Gasteiger partial charge < -0.3 is 10.6 Å². The molecule has 6 heteroatoms. The number of amides is 1. The summed E-state index contributed by atoms with van der Waals surface area (Å²) >= 11 is 1.58. The average molecular weight is 324 g/mol. The summed E-state index contributed by atoms with van der Waals surface area (Å²) in [5, 5.41) is 8.09. The topological polar surface area (TPSA) is 66.9 Å². The predicted octanol–water partition coefficient (Wildman–Crippen LogP) is 3.77. The first kappa shape index (κ1) is 15.2. The molecule has 2 heterocycles. The highest BCUT2D eigenvalue weighted by Gasteiger charge is 2.05. The molecule has 5 nitrogen and oxygen atoms in total. The van der Waals surface area contributed by atoms with Crippen LogP contribution < -0.4 is 10.6 Å². The Labute approximate surface area is 138 Å². The van der Waals surface area contributed by atoms with Gasteiger partial charge in [-0.3, -0.25) is 4.79 Å². The third-order valence-corrected chi connectivity index (χ3v) is 4.01. The zero-order valence-corrected chi connectivity index (χ0v) is 13.4. The molecule has 3 rings (SSSR count). The Morgan fingerprint density at radius 1 is 1.13 bits per heavy atom. The maximum atomic E-state index is 12.0. The molecule has 0 unspecified atom stereocenters. The van der Waals surface area contributed by atoms with Gasteiger partial charge in [-0.25, -0.2) is 9.97 Å². The standard InChI is InChI=1S/C17H16N4OS/c1-12-8-16(19-11-18-12)20-13-4-2-5-14(9-13)21-17(22)10-15-6-3-7-23-15/h2-9,11H,10H2,1H3,(H,21,22)(H,18,19,20). The number of hydrogen-bond donors (Lipinski definition) is 2. The molecule has 0 bridgehead atoms. The van der Waals surface area contributed by atoms with Crippen LogP contribution in [0.25, 0.3) is 0 Å². The number of benzene rings is 1. The first-order chi connectivity index (χ1) is 11.2. The van der Waals surface area contributed by atoms with Gasteiger partial charge >= 0.3 is 0 Å². The van der Waals surface area contributed by atoms with Crippen LogP contribution in [-0.2, 0) is 11.2 Å². The molecule has 2 N–H and O–H groups in total. The molecule has 0 spiro atoms. The number of hydrogen-bond acceptors (Lipinski definition) is 5. The number of rotatable bonds is 5. The Balaban J connectivity index is 1.66. The molecule has 0 aliphatic carbocycles. The van der Waals surface area contributed by atoms with E-state index < -0.39 is 0 Å². The number of nitrogens with zero attached hydrogens (tertiary/aromatic N) is 2. The van der Waals surface area contributed by atoms with Crippen molar-refractivity contribution in [3.05, 3.63) is 64.7 Å². The van der Waals surface area contributed by atoms with Crippen LogP contribution in [0, 0.1) is 6.92 Å². The molecular formula is C17H16N4OS. The number of nitrogens with one attached hydrogen (secondary N) is 2. The number of aromatic nitrogens is 2. The highest BCUT2D eigenvalue weighted by molar-refractivity contribution is 7.10. The van der Waals surface area contributed by atoms with Crippen molar-refractivity contribution in [3.8, 4) is 0 Å². The normalized spacial score (nSPS) is 10.3. The van der Waals surface area contributed by atoms with Gasteiger partial charge in [0.15, 0.2) is 0 Å². The van der Waals surface area contributed by atoms with E-state index in [4.69, 9.17) is 0 Å². The minimum absolute atomic E-state index is 0.0255. The van der Waals surface area contributed by atoms with Crippen molar-refractivity contribution in [2.45, 2.75) is 13.3 Å². The van der Waals surface area contributed by atoms with Crippen LogP contribution in [0.5, 0.6) is 0 Å². The van der Waals surface area contributed by atoms with Crippen molar-refractivity contribution >= 4 is 34.4 Å². The quantitative estimate of drug-likeness (QED) is 0.749. The smallest absolute Gasteiger partial charge is 0.229 e. The van der Waals surface area contributed by atoms with Crippen LogP contribution in [0.2, 0.25) is 0 Å². The van der Waals surface area contributed by atoms with E-state index in [1.165, 1.54) is 6.33 Å². The van der Waals surface area contributed by atoms with E-state index in [0.29, 0.717) is 6.42 Å². The summed E-state index contributed by atoms with van der Waals surface area (Å²) in [7, 11) is 0. The Bertz CT molecular complexity index is 802. The van der Waals surface area contributed by atoms with Gasteiger partial charge in [-0.15, -0.1) is 11.3 Å². The van der Waals surface area contributed by atoms with Crippen LogP contribution in [0.15, 0.2) is 54.2 Å². The summed E-state index contributed by atoms with van der Waals surface area (Å²) in [4.78, 5) is 21.3. The third-order valence-electron chi connectivity index (χ3n) is 3.14. The Morgan fingerprint density at radius 3 is 2.78 bits per heavy atom. The summed E-state index contributed by atoms with van der Waals surface area (Å²) in [6.45, 7) is 1.91. The molecule has 0 fully saturated rings. The van der Waals surface area contributed by atoms with Crippen LogP contribution in [0.4, 0.5) is 17.2 Å². The fourth-order valence-electron chi connectivity index (χ4n) is 2.12. The maximum Gasteiger partial charge on any atom is 0.229 e. The molecule has 0 saturated carbocycles. The van der Waals surface area contributed by atoms with Gasteiger partial charge in [0.2, 0.25) is 5.91 Å². The molecule has 3 aromatic rings. The number of anilines is 3. The molecule has 1 amide bonds. The maximum absolute atomic E-state index is 12.0. The summed E-state index contributed by atoms with van der Waals surface area (Å²) in [5.41, 5.74) is 2.50. The largest absolute Gasteiger partial charge is 0.340 e. The van der Waals surface area contributed by atoms with E-state index in [1.807, 2.05) is 54.8 Å². The summed E-state index contributed by atoms with van der Waals surface area (Å²) < 4.78 is 0. The lowest BCUT2D eigenvalue weighted by Gasteiger charge is -2.09. The Hall–Kier alpha value is -2.73. The zero-order valence-electron chi connectivity index (χ0n) is 12.6. The second kappa shape index (κ2) is 7.02. The Morgan fingerprint density at radius 2 is 2.00 bits per heavy atom. The summed E-state index contributed by atoms with van der Waals surface area (Å²) in [6.07, 6.45) is 1.91. The lowest BCUT2D eigenvalue weighted by molar-refractivity contribution is -0.115. The van der Waals surface area contributed by atoms with Crippen molar-refractivity contribution in [2.75, 3.05) is 10.6 Å². The van der Waals surface area contributed by atoms with Crippen molar-refractivity contribution in [3.63, 3.8) is 0 Å². The number of carbonyl (C=O) groups is 1. The van der Waals surface area contributed by atoms with E-state index in [1.54, 1.807) is 11.3 Å². The molecule has 116 valence electrons. The van der Waals surface area contributed by atoms with Crippen molar-refractivity contribution in [2.24, 2.45) is 0 Å². The van der Waals surface area contributed by atoms with Gasteiger partial charge in [0.1, 0.15) is 12.1 Å². The monoisotopic (exact) mass is 324 g/mol. The molecule has 1 aromatic carbocycles. The molecule has 0 aliphatic rings. The van der Waals surface area contributed by atoms with E-state index in [0.717, 1.165) is 27.8 Å². The lowest BCUT2D eigenvalue weighted by Crippen LogP contribution is -2.13. The van der Waals surface area contributed by atoms with Crippen LogP contribution in [-0.4, -0.2) is 15.9 Å². The van der Waals surface area contributed by atoms with Gasteiger partial charge in [-0.05, 0) is 36.6 Å². The van der Waals surface area contributed by atoms with Gasteiger partial charge in [0.05, 0.1) is 6.42 Å². The highest BCUT2D eigenvalue weighted by Crippen LogP contribution is 2.19. The fourth-order valence-corrected chi connectivity index (χ4v) is 2.83. The van der Waals surface area contributed by atoms with E-state index in [9.17, 15) is 4.79 Å². The first-order valence-electron chi connectivity index (χ1n) is 7.17. The van der Waals surface area contributed by atoms with E-state index >= 15 is 0 Å². The van der Waals surface area contributed by atoms with Crippen LogP contribution in [0.1, 0.15) is 10.6 Å². The first-order valence-corrected chi connectivity index (χ1v) is 8.05. The van der Waals surface area contributed by atoms with Gasteiger partial charge in [0.25, 0.3) is 0 Å². The Kier molecular flexibility index (Phi) is 4.63. The second-order valence-corrected chi connectivity index (χ2v) is 6.09. The van der Waals surface area contributed by atoms with Crippen molar-refractivity contribution in [1.82, 2.24) is 9.97 Å². The average Bonchev–Trinajstić information content (AvgIpc) is 3.00. The molecule has 23 heavy (non-hydrogen) atoms. The SMILES string of the molecule is Cc1cc(Nc2cccc(NC(=O)Cc3cccs3)c2)ncn1. The minimum atomic E-state index is -0.0255. The van der Waals surface area contributed by atoms with E-state index in [2.05, 4.69) is 20.6 Å². The van der Waals surface area contributed by atoms with E-state index in [-0.39, 0.29) is 5.91 Å². The molecule has 2 aromatic heterocycles. The lowest BCUT2D eigenvalue weighted by atomic mass is 10.2. The number of aryl methyl sites for hydroxylation is 1. The molecule has 0 saturated heterocycles. The van der Waals surface area contributed by atoms with Crippen molar-refractivity contribution in [1.29, 1.82) is 0 Å². The van der Waals surface area contributed by atoms with Gasteiger partial charge in [-0.2, -0.15) is 0 Å². The fraction of sp³-hybridized carbons (Fsp3) is 0.118. The molecular weight excluding hydrogens is 308 g/mol. The highest BCUT2D eigenvalue weighted by atomic mass is 32.1. The minimum Gasteiger partial charge on any atom is -0.340 e. The zero-order chi connectivity index (χ0) is 16.1. The number of thiophene rings is 1. The molecule has 0 atom stereocenters. The van der Waals surface area contributed by atoms with Gasteiger partial charge in [0, 0.05) is 28.0 Å².